The molecule has 1 aliphatic rings. The molecule has 0 saturated heterocycles. The Morgan fingerprint density at radius 1 is 0.944 bits per heavy atom. The van der Waals surface area contributed by atoms with Crippen molar-refractivity contribution in [1.82, 2.24) is 0 Å². The van der Waals surface area contributed by atoms with Crippen LogP contribution >= 0.6 is 0 Å². The van der Waals surface area contributed by atoms with Crippen molar-refractivity contribution >= 4 is 11.9 Å². The van der Waals surface area contributed by atoms with Crippen LogP contribution in [0.2, 0.25) is 0 Å². The van der Waals surface area contributed by atoms with Crippen molar-refractivity contribution in [3.05, 3.63) is 11.1 Å². The van der Waals surface area contributed by atoms with Gasteiger partial charge in [-0.05, 0) is 25.7 Å². The summed E-state index contributed by atoms with van der Waals surface area (Å²) < 4.78 is 0. The smallest absolute Gasteiger partial charge is 0.307 e. The highest BCUT2D eigenvalue weighted by atomic mass is 16.4. The van der Waals surface area contributed by atoms with Crippen LogP contribution in [0.25, 0.3) is 0 Å². The van der Waals surface area contributed by atoms with Gasteiger partial charge in [-0.15, -0.1) is 0 Å². The van der Waals surface area contributed by atoms with Crippen molar-refractivity contribution < 1.29 is 19.8 Å². The second kappa shape index (κ2) is 6.57. The first kappa shape index (κ1) is 14.7. The van der Waals surface area contributed by atoms with Gasteiger partial charge in [-0.1, -0.05) is 37.8 Å². The Kier molecular flexibility index (Phi) is 5.38. The Bertz CT molecular complexity index is 323. The Morgan fingerprint density at radius 3 is 1.50 bits per heavy atom. The third-order valence-electron chi connectivity index (χ3n) is 3.66. The highest BCUT2D eigenvalue weighted by molar-refractivity contribution is 5.81. The van der Waals surface area contributed by atoms with Crippen LogP contribution in [0.5, 0.6) is 0 Å². The van der Waals surface area contributed by atoms with E-state index in [0.29, 0.717) is 12.8 Å². The van der Waals surface area contributed by atoms with Gasteiger partial charge in [-0.3, -0.25) is 9.59 Å². The zero-order valence-corrected chi connectivity index (χ0v) is 11.1. The van der Waals surface area contributed by atoms with Crippen molar-refractivity contribution in [2.24, 2.45) is 11.8 Å². The fraction of sp³-hybridized carbons (Fsp3) is 0.714. The minimum absolute atomic E-state index is 0.412. The van der Waals surface area contributed by atoms with E-state index in [1.807, 2.05) is 0 Å². The van der Waals surface area contributed by atoms with Gasteiger partial charge in [0.1, 0.15) is 0 Å². The SMILES string of the molecule is CCCC1=C(CCC)CC(C(=O)O)C(C(=O)O)C1. The monoisotopic (exact) mass is 254 g/mol. The molecule has 0 spiro atoms. The molecule has 0 fully saturated rings. The maximum Gasteiger partial charge on any atom is 0.307 e. The summed E-state index contributed by atoms with van der Waals surface area (Å²) in [5.41, 5.74) is 2.37. The molecule has 0 aromatic carbocycles. The van der Waals surface area contributed by atoms with Crippen molar-refractivity contribution in [2.75, 3.05) is 0 Å². The third kappa shape index (κ3) is 3.34. The molecule has 0 aromatic rings. The number of hydrogen-bond donors (Lipinski definition) is 2. The van der Waals surface area contributed by atoms with Crippen LogP contribution < -0.4 is 0 Å². The standard InChI is InChI=1S/C14H22O4/c1-3-5-9-7-11(13(15)16)12(14(17)18)8-10(9)6-4-2/h11-12H,3-8H2,1-2H3,(H,15,16)(H,17,18). The summed E-state index contributed by atoms with van der Waals surface area (Å²) in [6.07, 6.45) is 4.57. The van der Waals surface area contributed by atoms with Crippen molar-refractivity contribution in [3.8, 4) is 0 Å². The molecule has 0 amide bonds. The van der Waals surface area contributed by atoms with Gasteiger partial charge >= 0.3 is 11.9 Å². The van der Waals surface area contributed by atoms with Crippen LogP contribution in [-0.2, 0) is 9.59 Å². The maximum atomic E-state index is 11.2. The van der Waals surface area contributed by atoms with Crippen LogP contribution in [0.15, 0.2) is 11.1 Å². The molecule has 4 heteroatoms. The molecule has 0 aromatic heterocycles. The summed E-state index contributed by atoms with van der Waals surface area (Å²) in [4.78, 5) is 22.4. The lowest BCUT2D eigenvalue weighted by Crippen LogP contribution is -2.33. The van der Waals surface area contributed by atoms with Gasteiger partial charge in [0.15, 0.2) is 0 Å². The molecule has 0 bridgehead atoms. The van der Waals surface area contributed by atoms with Gasteiger partial charge in [-0.25, -0.2) is 0 Å². The second-order valence-corrected chi connectivity index (χ2v) is 5.00. The van der Waals surface area contributed by atoms with Crippen LogP contribution in [0.4, 0.5) is 0 Å². The van der Waals surface area contributed by atoms with E-state index in [9.17, 15) is 19.8 Å². The first-order valence-corrected chi connectivity index (χ1v) is 6.66. The second-order valence-electron chi connectivity index (χ2n) is 5.00. The maximum absolute atomic E-state index is 11.2. The van der Waals surface area contributed by atoms with E-state index in [-0.39, 0.29) is 0 Å². The van der Waals surface area contributed by atoms with E-state index in [4.69, 9.17) is 0 Å². The zero-order valence-electron chi connectivity index (χ0n) is 11.1. The molecule has 2 atom stereocenters. The molecule has 2 N–H and O–H groups in total. The molecular weight excluding hydrogens is 232 g/mol. The third-order valence-corrected chi connectivity index (χ3v) is 3.66. The van der Waals surface area contributed by atoms with E-state index in [1.165, 1.54) is 11.1 Å². The lowest BCUT2D eigenvalue weighted by Gasteiger charge is -2.30. The average molecular weight is 254 g/mol. The fourth-order valence-electron chi connectivity index (χ4n) is 2.78. The van der Waals surface area contributed by atoms with Gasteiger partial charge in [0.05, 0.1) is 11.8 Å². The van der Waals surface area contributed by atoms with Crippen molar-refractivity contribution in [2.45, 2.75) is 52.4 Å². The van der Waals surface area contributed by atoms with Crippen LogP contribution in [0.3, 0.4) is 0 Å². The molecule has 0 aliphatic heterocycles. The summed E-state index contributed by atoms with van der Waals surface area (Å²) in [6, 6.07) is 0. The Balaban J connectivity index is 3.00. The molecule has 4 nitrogen and oxygen atoms in total. The molecular formula is C14H22O4. The minimum Gasteiger partial charge on any atom is -0.481 e. The zero-order chi connectivity index (χ0) is 13.7. The molecule has 18 heavy (non-hydrogen) atoms. The van der Waals surface area contributed by atoms with Crippen molar-refractivity contribution in [3.63, 3.8) is 0 Å². The van der Waals surface area contributed by atoms with E-state index >= 15 is 0 Å². The Labute approximate surface area is 108 Å². The largest absolute Gasteiger partial charge is 0.481 e. The van der Waals surface area contributed by atoms with E-state index < -0.39 is 23.8 Å². The summed E-state index contributed by atoms with van der Waals surface area (Å²) >= 11 is 0. The average Bonchev–Trinajstić information content (AvgIpc) is 2.30. The summed E-state index contributed by atoms with van der Waals surface area (Å²) in [6.45, 7) is 4.13. The highest BCUT2D eigenvalue weighted by Crippen LogP contribution is 2.38. The number of carboxylic acids is 2. The molecule has 1 aliphatic carbocycles. The van der Waals surface area contributed by atoms with Crippen LogP contribution in [0.1, 0.15) is 52.4 Å². The van der Waals surface area contributed by atoms with Gasteiger partial charge in [0, 0.05) is 0 Å². The number of carboxylic acid groups (broad SMARTS) is 2. The number of aliphatic carboxylic acids is 2. The molecule has 0 heterocycles. The van der Waals surface area contributed by atoms with E-state index in [2.05, 4.69) is 13.8 Å². The molecule has 102 valence electrons. The topological polar surface area (TPSA) is 74.6 Å². The summed E-state index contributed by atoms with van der Waals surface area (Å²) in [5.74, 6) is -3.48. The fourth-order valence-corrected chi connectivity index (χ4v) is 2.78. The first-order chi connectivity index (χ1) is 8.51. The predicted molar refractivity (Wildman–Crippen MR) is 68.3 cm³/mol. The number of hydrogen-bond acceptors (Lipinski definition) is 2. The quantitative estimate of drug-likeness (QED) is 0.714. The number of carbonyl (C=O) groups is 2. The number of allylic oxidation sites excluding steroid dienone is 2. The Hall–Kier alpha value is -1.32. The summed E-state index contributed by atoms with van der Waals surface area (Å²) in [7, 11) is 0. The normalized spacial score (nSPS) is 24.1. The lowest BCUT2D eigenvalue weighted by molar-refractivity contribution is -0.154. The van der Waals surface area contributed by atoms with Crippen LogP contribution in [0, 0.1) is 11.8 Å². The van der Waals surface area contributed by atoms with Gasteiger partial charge in [0.2, 0.25) is 0 Å². The molecule has 1 rings (SSSR count). The summed E-state index contributed by atoms with van der Waals surface area (Å²) in [5, 5.41) is 18.3. The van der Waals surface area contributed by atoms with Gasteiger partial charge in [-0.2, -0.15) is 0 Å². The molecule has 0 radical (unpaired) electrons. The molecule has 0 saturated carbocycles. The predicted octanol–water partition coefficient (Wildman–Crippen LogP) is 3.08. The molecule has 2 unspecified atom stereocenters. The Morgan fingerprint density at radius 2 is 1.28 bits per heavy atom. The lowest BCUT2D eigenvalue weighted by atomic mass is 9.73. The van der Waals surface area contributed by atoms with Gasteiger partial charge in [0.25, 0.3) is 0 Å². The van der Waals surface area contributed by atoms with Gasteiger partial charge < -0.3 is 10.2 Å². The van der Waals surface area contributed by atoms with Crippen LogP contribution in [-0.4, -0.2) is 22.2 Å². The van der Waals surface area contributed by atoms with E-state index in [1.54, 1.807) is 0 Å². The van der Waals surface area contributed by atoms with Crippen molar-refractivity contribution in [1.29, 1.82) is 0 Å². The number of rotatable bonds is 6. The first-order valence-electron chi connectivity index (χ1n) is 6.66. The minimum atomic E-state index is -0.980. The van der Waals surface area contributed by atoms with E-state index in [0.717, 1.165) is 25.7 Å². The highest BCUT2D eigenvalue weighted by Gasteiger charge is 2.38.